The maximum atomic E-state index is 11.6. The molecule has 1 aromatic heterocycles. The number of anilines is 2. The normalized spacial score (nSPS) is 10.5. The Balaban J connectivity index is 2.21. The smallest absolute Gasteiger partial charge is 0.328 e. The molecule has 0 radical (unpaired) electrons. The summed E-state index contributed by atoms with van der Waals surface area (Å²) in [7, 11) is 4.56. The fourth-order valence-electron chi connectivity index (χ4n) is 2.37. The molecule has 28 heavy (non-hydrogen) atoms. The van der Waals surface area contributed by atoms with Gasteiger partial charge in [0.2, 0.25) is 11.7 Å². The number of carbonyl (C=O) groups is 2. The molecule has 0 aliphatic rings. The topological polar surface area (TPSA) is 146 Å². The molecule has 2 aromatic rings. The lowest BCUT2D eigenvalue weighted by Gasteiger charge is -2.14. The Labute approximate surface area is 161 Å². The average Bonchev–Trinajstić information content (AvgIpc) is 2.67. The lowest BCUT2D eigenvalue weighted by Crippen LogP contribution is -2.13. The molecule has 1 aromatic carbocycles. The Kier molecular flexibility index (Phi) is 6.74. The van der Waals surface area contributed by atoms with Crippen LogP contribution in [0.5, 0.6) is 17.2 Å². The van der Waals surface area contributed by atoms with Crippen molar-refractivity contribution in [3.63, 3.8) is 0 Å². The predicted octanol–water partition coefficient (Wildman–Crippen LogP) is 1.25. The van der Waals surface area contributed by atoms with Gasteiger partial charge in [0.15, 0.2) is 11.5 Å². The van der Waals surface area contributed by atoms with Crippen molar-refractivity contribution in [2.45, 2.75) is 6.42 Å². The summed E-state index contributed by atoms with van der Waals surface area (Å²) in [5.74, 6) is -0.302. The van der Waals surface area contributed by atoms with Crippen molar-refractivity contribution in [3.05, 3.63) is 41.6 Å². The first-order chi connectivity index (χ1) is 13.4. The van der Waals surface area contributed by atoms with Crippen LogP contribution >= 0.6 is 0 Å². The summed E-state index contributed by atoms with van der Waals surface area (Å²) in [6, 6.07) is 3.57. The number of nitrogens with zero attached hydrogens (tertiary/aromatic N) is 2. The van der Waals surface area contributed by atoms with Crippen LogP contribution in [0.1, 0.15) is 11.1 Å². The molecule has 10 heteroatoms. The number of aliphatic carboxylic acids is 1. The number of nitrogens with two attached hydrogens (primary N) is 1. The zero-order chi connectivity index (χ0) is 20.7. The van der Waals surface area contributed by atoms with Crippen LogP contribution in [-0.2, 0) is 16.0 Å². The highest BCUT2D eigenvalue weighted by Gasteiger charge is 2.15. The van der Waals surface area contributed by atoms with Gasteiger partial charge >= 0.3 is 5.97 Å². The number of hydrogen-bond acceptors (Lipinski definition) is 8. The number of ether oxygens (including phenoxy) is 3. The van der Waals surface area contributed by atoms with Gasteiger partial charge in [0.1, 0.15) is 5.82 Å². The summed E-state index contributed by atoms with van der Waals surface area (Å²) in [6.45, 7) is 0. The minimum Gasteiger partial charge on any atom is -0.493 e. The number of carboxylic acids is 1. The molecular weight excluding hydrogens is 368 g/mol. The van der Waals surface area contributed by atoms with Gasteiger partial charge in [-0.15, -0.1) is 0 Å². The third-order valence-corrected chi connectivity index (χ3v) is 3.63. The van der Waals surface area contributed by atoms with E-state index in [0.29, 0.717) is 35.3 Å². The number of carboxylic acid groups (broad SMARTS) is 1. The Morgan fingerprint density at radius 1 is 1.14 bits per heavy atom. The monoisotopic (exact) mass is 388 g/mol. The Morgan fingerprint density at radius 2 is 1.79 bits per heavy atom. The highest BCUT2D eigenvalue weighted by atomic mass is 16.5. The van der Waals surface area contributed by atoms with Crippen LogP contribution in [0.2, 0.25) is 0 Å². The third kappa shape index (κ3) is 5.10. The number of rotatable bonds is 8. The summed E-state index contributed by atoms with van der Waals surface area (Å²) in [5.41, 5.74) is 7.41. The molecule has 0 aliphatic carbocycles. The van der Waals surface area contributed by atoms with Gasteiger partial charge in [-0.1, -0.05) is 0 Å². The minimum atomic E-state index is -1.24. The number of benzene rings is 1. The first-order valence-corrected chi connectivity index (χ1v) is 8.00. The highest BCUT2D eigenvalue weighted by molar-refractivity contribution is 6.01. The molecule has 1 heterocycles. The second kappa shape index (κ2) is 9.21. The van der Waals surface area contributed by atoms with E-state index in [0.717, 1.165) is 11.6 Å². The maximum Gasteiger partial charge on any atom is 0.328 e. The molecular formula is C18H20N4O6. The summed E-state index contributed by atoms with van der Waals surface area (Å²) in [5, 5.41) is 10.8. The number of carbonyl (C=O) groups excluding carboxylic acids is 1. The third-order valence-electron chi connectivity index (χ3n) is 3.63. The molecule has 0 saturated heterocycles. The Bertz CT molecular complexity index is 888. The maximum absolute atomic E-state index is 11.6. The summed E-state index contributed by atoms with van der Waals surface area (Å²) in [6.07, 6.45) is 3.42. The standard InChI is InChI=1S/C18H20N4O6/c1-26-12-7-10(8-13(27-2)16(12)28-3)6-11-9-20-18(22-17(11)19)21-14(23)4-5-15(24)25/h4-5,7-9H,6H2,1-3H3,(H,24,25)(H3,19,20,21,22,23)/b5-4+. The van der Waals surface area contributed by atoms with Crippen LogP contribution in [0.4, 0.5) is 11.8 Å². The Morgan fingerprint density at radius 3 is 2.29 bits per heavy atom. The molecule has 0 aliphatic heterocycles. The van der Waals surface area contributed by atoms with Crippen molar-refractivity contribution < 1.29 is 28.9 Å². The average molecular weight is 388 g/mol. The van der Waals surface area contributed by atoms with E-state index in [-0.39, 0.29) is 11.8 Å². The summed E-state index contributed by atoms with van der Waals surface area (Å²) in [4.78, 5) is 30.1. The van der Waals surface area contributed by atoms with E-state index < -0.39 is 11.9 Å². The van der Waals surface area contributed by atoms with Crippen LogP contribution in [-0.4, -0.2) is 48.3 Å². The molecule has 0 spiro atoms. The molecule has 0 saturated carbocycles. The van der Waals surface area contributed by atoms with Crippen LogP contribution in [0.3, 0.4) is 0 Å². The summed E-state index contributed by atoms with van der Waals surface area (Å²) >= 11 is 0. The molecule has 10 nitrogen and oxygen atoms in total. The lowest BCUT2D eigenvalue weighted by molar-refractivity contribution is -0.131. The number of hydrogen-bond donors (Lipinski definition) is 3. The van der Waals surface area contributed by atoms with E-state index in [2.05, 4.69) is 15.3 Å². The minimum absolute atomic E-state index is 0.0359. The second-order valence-electron chi connectivity index (χ2n) is 5.48. The molecule has 0 fully saturated rings. The zero-order valence-electron chi connectivity index (χ0n) is 15.6. The van der Waals surface area contributed by atoms with E-state index in [4.69, 9.17) is 25.1 Å². The largest absolute Gasteiger partial charge is 0.493 e. The van der Waals surface area contributed by atoms with Crippen molar-refractivity contribution in [2.24, 2.45) is 0 Å². The van der Waals surface area contributed by atoms with E-state index in [1.807, 2.05) is 0 Å². The van der Waals surface area contributed by atoms with Crippen LogP contribution in [0.25, 0.3) is 0 Å². The molecule has 0 bridgehead atoms. The van der Waals surface area contributed by atoms with Gasteiger partial charge in [0.05, 0.1) is 21.3 Å². The van der Waals surface area contributed by atoms with Gasteiger partial charge in [-0.05, 0) is 17.7 Å². The quantitative estimate of drug-likeness (QED) is 0.569. The highest BCUT2D eigenvalue weighted by Crippen LogP contribution is 2.38. The van der Waals surface area contributed by atoms with Crippen molar-refractivity contribution in [1.29, 1.82) is 0 Å². The van der Waals surface area contributed by atoms with Gasteiger partial charge in [0, 0.05) is 30.3 Å². The number of aromatic nitrogens is 2. The first kappa shape index (κ1) is 20.5. The molecule has 0 atom stereocenters. The van der Waals surface area contributed by atoms with Gasteiger partial charge in [-0.3, -0.25) is 10.1 Å². The molecule has 148 valence electrons. The van der Waals surface area contributed by atoms with E-state index in [1.54, 1.807) is 12.1 Å². The van der Waals surface area contributed by atoms with Crippen molar-refractivity contribution in [2.75, 3.05) is 32.4 Å². The molecule has 0 unspecified atom stereocenters. The van der Waals surface area contributed by atoms with E-state index in [9.17, 15) is 9.59 Å². The lowest BCUT2D eigenvalue weighted by atomic mass is 10.1. The zero-order valence-corrected chi connectivity index (χ0v) is 15.6. The van der Waals surface area contributed by atoms with Gasteiger partial charge in [-0.25, -0.2) is 9.78 Å². The fraction of sp³-hybridized carbons (Fsp3) is 0.222. The molecule has 2 rings (SSSR count). The second-order valence-corrected chi connectivity index (χ2v) is 5.48. The number of amides is 1. The van der Waals surface area contributed by atoms with Crippen molar-refractivity contribution >= 4 is 23.6 Å². The first-order valence-electron chi connectivity index (χ1n) is 8.00. The van der Waals surface area contributed by atoms with Crippen LogP contribution in [0, 0.1) is 0 Å². The van der Waals surface area contributed by atoms with Gasteiger partial charge in [-0.2, -0.15) is 4.98 Å². The van der Waals surface area contributed by atoms with Gasteiger partial charge in [0.25, 0.3) is 5.91 Å². The van der Waals surface area contributed by atoms with E-state index in [1.165, 1.54) is 27.5 Å². The number of nitrogens with one attached hydrogen (secondary N) is 1. The van der Waals surface area contributed by atoms with Crippen molar-refractivity contribution in [3.8, 4) is 17.2 Å². The predicted molar refractivity (Wildman–Crippen MR) is 101 cm³/mol. The number of methoxy groups -OCH3 is 3. The SMILES string of the molecule is COc1cc(Cc2cnc(NC(=O)/C=C/C(=O)O)nc2N)cc(OC)c1OC. The summed E-state index contributed by atoms with van der Waals surface area (Å²) < 4.78 is 15.9. The molecule has 1 amide bonds. The Hall–Kier alpha value is -3.82. The fourth-order valence-corrected chi connectivity index (χ4v) is 2.37. The van der Waals surface area contributed by atoms with Gasteiger partial charge < -0.3 is 25.1 Å². The van der Waals surface area contributed by atoms with Crippen LogP contribution < -0.4 is 25.3 Å². The number of nitrogen functional groups attached to an aromatic ring is 1. The molecule has 4 N–H and O–H groups in total. The van der Waals surface area contributed by atoms with Crippen molar-refractivity contribution in [1.82, 2.24) is 9.97 Å². The van der Waals surface area contributed by atoms with E-state index >= 15 is 0 Å². The van der Waals surface area contributed by atoms with Crippen LogP contribution in [0.15, 0.2) is 30.5 Å².